The first-order valence-electron chi connectivity index (χ1n) is 14.5. The molecule has 4 aromatic rings. The first kappa shape index (κ1) is 34.2. The van der Waals surface area contributed by atoms with Crippen molar-refractivity contribution in [2.45, 2.75) is 57.1 Å². The molecule has 0 radical (unpaired) electrons. The monoisotopic (exact) mass is 709 g/mol. The Kier molecular flexibility index (Phi) is 11.1. The van der Waals surface area contributed by atoms with Crippen molar-refractivity contribution in [3.63, 3.8) is 0 Å². The third-order valence-corrected chi connectivity index (χ3v) is 9.70. The van der Waals surface area contributed by atoms with E-state index in [0.29, 0.717) is 20.7 Å². The summed E-state index contributed by atoms with van der Waals surface area (Å²) in [5, 5.41) is 3.46. The summed E-state index contributed by atoms with van der Waals surface area (Å²) in [6.45, 7) is 6.92. The number of carbonyl (C=O) groups is 2. The number of hydrogen-bond acceptors (Lipinski definition) is 4. The molecule has 1 N–H and O–H groups in total. The average molecular weight is 711 g/mol. The highest BCUT2D eigenvalue weighted by Crippen LogP contribution is 2.28. The second-order valence-corrected chi connectivity index (χ2v) is 15.0. The van der Waals surface area contributed by atoms with Gasteiger partial charge in [0.1, 0.15) is 12.6 Å². The van der Waals surface area contributed by atoms with E-state index < -0.39 is 34.1 Å². The Bertz CT molecular complexity index is 1740. The molecule has 236 valence electrons. The van der Waals surface area contributed by atoms with Crippen LogP contribution in [0.1, 0.15) is 37.5 Å². The lowest BCUT2D eigenvalue weighted by Gasteiger charge is -2.35. The van der Waals surface area contributed by atoms with Crippen LogP contribution < -0.4 is 9.62 Å². The lowest BCUT2D eigenvalue weighted by Crippen LogP contribution is -2.56. The molecular weight excluding hydrogens is 674 g/mol. The molecule has 2 amide bonds. The number of nitrogens with one attached hydrogen (secondary N) is 1. The maximum atomic E-state index is 14.5. The Morgan fingerprint density at radius 3 is 2.16 bits per heavy atom. The molecule has 0 saturated heterocycles. The summed E-state index contributed by atoms with van der Waals surface area (Å²) in [5.41, 5.74) is 2.10. The summed E-state index contributed by atoms with van der Waals surface area (Å²) < 4.78 is 30.0. The predicted octanol–water partition coefficient (Wildman–Crippen LogP) is 7.16. The van der Waals surface area contributed by atoms with E-state index >= 15 is 0 Å². The van der Waals surface area contributed by atoms with Crippen LogP contribution in [0, 0.1) is 6.92 Å². The van der Waals surface area contributed by atoms with Gasteiger partial charge in [0.15, 0.2) is 0 Å². The Balaban J connectivity index is 1.83. The van der Waals surface area contributed by atoms with E-state index in [1.165, 1.54) is 17.0 Å². The number of sulfonamides is 1. The zero-order valence-corrected chi connectivity index (χ0v) is 28.9. The predicted molar refractivity (Wildman–Crippen MR) is 184 cm³/mol. The Morgan fingerprint density at radius 2 is 1.53 bits per heavy atom. The van der Waals surface area contributed by atoms with E-state index in [1.54, 1.807) is 60.7 Å². The van der Waals surface area contributed by atoms with Gasteiger partial charge in [-0.1, -0.05) is 99.8 Å². The van der Waals surface area contributed by atoms with E-state index in [9.17, 15) is 18.0 Å². The molecule has 0 aromatic heterocycles. The largest absolute Gasteiger partial charge is 0.350 e. The van der Waals surface area contributed by atoms with Crippen molar-refractivity contribution in [1.82, 2.24) is 10.2 Å². The molecule has 1 atom stereocenters. The molecular formula is C35H37BrClN3O4S. The molecule has 0 bridgehead atoms. The fraction of sp³-hybridized carbons (Fsp3) is 0.257. The Morgan fingerprint density at radius 1 is 0.889 bits per heavy atom. The molecule has 4 rings (SSSR count). The van der Waals surface area contributed by atoms with Crippen molar-refractivity contribution in [2.75, 3.05) is 10.8 Å². The van der Waals surface area contributed by atoms with Crippen molar-refractivity contribution < 1.29 is 18.0 Å². The van der Waals surface area contributed by atoms with Crippen LogP contribution in [0.2, 0.25) is 5.02 Å². The number of benzene rings is 4. The molecule has 0 fully saturated rings. The summed E-state index contributed by atoms with van der Waals surface area (Å²) in [4.78, 5) is 30.0. The first-order valence-corrected chi connectivity index (χ1v) is 17.1. The highest BCUT2D eigenvalue weighted by Gasteiger charge is 2.36. The van der Waals surface area contributed by atoms with Gasteiger partial charge in [0.05, 0.1) is 10.6 Å². The number of aryl methyl sites for hydroxylation is 1. The lowest BCUT2D eigenvalue weighted by molar-refractivity contribution is -0.140. The van der Waals surface area contributed by atoms with Crippen molar-refractivity contribution in [2.24, 2.45) is 0 Å². The van der Waals surface area contributed by atoms with Crippen LogP contribution >= 0.6 is 27.5 Å². The molecule has 0 spiro atoms. The maximum Gasteiger partial charge on any atom is 0.264 e. The quantitative estimate of drug-likeness (QED) is 0.179. The minimum atomic E-state index is -4.19. The van der Waals surface area contributed by atoms with Gasteiger partial charge in [0.25, 0.3) is 10.0 Å². The molecule has 0 saturated carbocycles. The van der Waals surface area contributed by atoms with Crippen LogP contribution in [-0.4, -0.2) is 43.3 Å². The SMILES string of the molecule is Cc1ccc(S(=O)(=O)N(CC(=O)N(Cc2ccccc2Cl)[C@H](Cc2ccccc2)C(=O)NC(C)(C)C)c2cccc(Br)c2)cc1. The summed E-state index contributed by atoms with van der Waals surface area (Å²) in [6.07, 6.45) is 0.209. The summed E-state index contributed by atoms with van der Waals surface area (Å²) in [7, 11) is -4.19. The van der Waals surface area contributed by atoms with Crippen LogP contribution in [0.25, 0.3) is 0 Å². The fourth-order valence-electron chi connectivity index (χ4n) is 4.81. The third kappa shape index (κ3) is 9.19. The number of carbonyl (C=O) groups excluding carboxylic acids is 2. The van der Waals surface area contributed by atoms with Crippen molar-refractivity contribution in [3.8, 4) is 0 Å². The molecule has 7 nitrogen and oxygen atoms in total. The lowest BCUT2D eigenvalue weighted by atomic mass is 10.0. The molecule has 0 aliphatic carbocycles. The van der Waals surface area contributed by atoms with Gasteiger partial charge in [0.2, 0.25) is 11.8 Å². The zero-order valence-electron chi connectivity index (χ0n) is 25.7. The van der Waals surface area contributed by atoms with E-state index in [2.05, 4.69) is 21.2 Å². The standard InChI is InChI=1S/C35H37BrClN3O4S/c1-25-17-19-30(20-18-25)45(43,44)40(29-15-10-14-28(36)22-29)24-33(41)39(23-27-13-8-9-16-31(27)37)32(34(42)38-35(2,3)4)21-26-11-6-5-7-12-26/h5-20,22,32H,21,23-24H2,1-4H3,(H,38,42)/t32-/m1/s1. The third-order valence-electron chi connectivity index (χ3n) is 7.05. The van der Waals surface area contributed by atoms with Crippen molar-refractivity contribution in [3.05, 3.63) is 129 Å². The van der Waals surface area contributed by atoms with E-state index in [0.717, 1.165) is 15.4 Å². The highest BCUT2D eigenvalue weighted by atomic mass is 79.9. The van der Waals surface area contributed by atoms with E-state index in [1.807, 2.05) is 58.0 Å². The molecule has 10 heteroatoms. The van der Waals surface area contributed by atoms with Gasteiger partial charge in [-0.05, 0) is 75.2 Å². The number of amides is 2. The highest BCUT2D eigenvalue weighted by molar-refractivity contribution is 9.10. The van der Waals surface area contributed by atoms with Crippen LogP contribution in [0.4, 0.5) is 5.69 Å². The van der Waals surface area contributed by atoms with Gasteiger partial charge < -0.3 is 10.2 Å². The van der Waals surface area contributed by atoms with Gasteiger partial charge in [-0.15, -0.1) is 0 Å². The summed E-state index contributed by atoms with van der Waals surface area (Å²) >= 11 is 9.99. The fourth-order valence-corrected chi connectivity index (χ4v) is 6.80. The summed E-state index contributed by atoms with van der Waals surface area (Å²) in [5.74, 6) is -0.919. The molecule has 0 aliphatic rings. The average Bonchev–Trinajstić information content (AvgIpc) is 2.98. The minimum Gasteiger partial charge on any atom is -0.350 e. The second-order valence-electron chi connectivity index (χ2n) is 11.9. The topological polar surface area (TPSA) is 86.8 Å². The van der Waals surface area contributed by atoms with Gasteiger partial charge in [-0.2, -0.15) is 0 Å². The molecule has 4 aromatic carbocycles. The van der Waals surface area contributed by atoms with Gasteiger partial charge >= 0.3 is 0 Å². The summed E-state index contributed by atoms with van der Waals surface area (Å²) in [6, 6.07) is 28.8. The number of anilines is 1. The first-order chi connectivity index (χ1) is 21.2. The number of halogens is 2. The second kappa shape index (κ2) is 14.6. The number of nitrogens with zero attached hydrogens (tertiary/aromatic N) is 2. The number of hydrogen-bond donors (Lipinski definition) is 1. The van der Waals surface area contributed by atoms with Crippen LogP contribution in [0.15, 0.2) is 112 Å². The van der Waals surface area contributed by atoms with Gasteiger partial charge in [0, 0.05) is 28.0 Å². The molecule has 0 heterocycles. The molecule has 45 heavy (non-hydrogen) atoms. The smallest absolute Gasteiger partial charge is 0.264 e. The van der Waals surface area contributed by atoms with Gasteiger partial charge in [-0.25, -0.2) is 8.42 Å². The maximum absolute atomic E-state index is 14.5. The molecule has 0 unspecified atom stereocenters. The van der Waals surface area contributed by atoms with Crippen molar-refractivity contribution in [1.29, 1.82) is 0 Å². The Hall–Kier alpha value is -3.66. The van der Waals surface area contributed by atoms with Crippen LogP contribution in [-0.2, 0) is 32.6 Å². The van der Waals surface area contributed by atoms with Crippen molar-refractivity contribution >= 4 is 55.1 Å². The normalized spacial score (nSPS) is 12.3. The van der Waals surface area contributed by atoms with Gasteiger partial charge in [-0.3, -0.25) is 13.9 Å². The van der Waals surface area contributed by atoms with E-state index in [-0.39, 0.29) is 23.8 Å². The zero-order chi connectivity index (χ0) is 32.8. The van der Waals surface area contributed by atoms with E-state index in [4.69, 9.17) is 11.6 Å². The number of rotatable bonds is 11. The Labute approximate surface area is 279 Å². The van der Waals surface area contributed by atoms with Crippen LogP contribution in [0.3, 0.4) is 0 Å². The molecule has 0 aliphatic heterocycles. The van der Waals surface area contributed by atoms with Crippen LogP contribution in [0.5, 0.6) is 0 Å². The minimum absolute atomic E-state index is 0.00945.